The van der Waals surface area contributed by atoms with E-state index in [1.165, 1.54) is 17.6 Å². The van der Waals surface area contributed by atoms with Crippen LogP contribution in [0, 0.1) is 0 Å². The molecule has 7 heteroatoms. The molecule has 0 atom stereocenters. The van der Waals surface area contributed by atoms with Crippen molar-refractivity contribution >= 4 is 39.4 Å². The maximum atomic E-state index is 11.7. The Kier molecular flexibility index (Phi) is 5.35. The van der Waals surface area contributed by atoms with E-state index in [1.807, 2.05) is 12.3 Å². The predicted molar refractivity (Wildman–Crippen MR) is 86.4 cm³/mol. The van der Waals surface area contributed by atoms with Gasteiger partial charge in [0.25, 0.3) is 5.91 Å². The second-order valence-electron chi connectivity index (χ2n) is 3.96. The molecule has 0 unspecified atom stereocenters. The van der Waals surface area contributed by atoms with Crippen LogP contribution in [0.3, 0.4) is 0 Å². The Bertz CT molecular complexity index is 656. The fraction of sp³-hybridized carbons (Fsp3) is 0.143. The summed E-state index contributed by atoms with van der Waals surface area (Å²) in [6.45, 7) is 2.27. The van der Waals surface area contributed by atoms with Crippen LogP contribution in [-0.2, 0) is 0 Å². The number of amides is 1. The van der Waals surface area contributed by atoms with Crippen LogP contribution in [0.4, 0.5) is 0 Å². The SMILES string of the molecule is CCOc1cc(/C=N/NC(=O)c2cccs2)cc(Br)c1O. The summed E-state index contributed by atoms with van der Waals surface area (Å²) in [5.41, 5.74) is 3.13. The first kappa shape index (κ1) is 15.5. The van der Waals surface area contributed by atoms with Gasteiger partial charge in [0.05, 0.1) is 22.2 Å². The lowest BCUT2D eigenvalue weighted by Gasteiger charge is -2.08. The van der Waals surface area contributed by atoms with E-state index in [9.17, 15) is 9.90 Å². The van der Waals surface area contributed by atoms with Gasteiger partial charge in [0.1, 0.15) is 0 Å². The zero-order valence-electron chi connectivity index (χ0n) is 11.2. The lowest BCUT2D eigenvalue weighted by atomic mass is 10.2. The Balaban J connectivity index is 2.08. The summed E-state index contributed by atoms with van der Waals surface area (Å²) < 4.78 is 5.82. The summed E-state index contributed by atoms with van der Waals surface area (Å²) in [5.74, 6) is 0.138. The molecule has 5 nitrogen and oxygen atoms in total. The van der Waals surface area contributed by atoms with E-state index in [4.69, 9.17) is 4.74 Å². The van der Waals surface area contributed by atoms with Gasteiger partial charge in [-0.1, -0.05) is 6.07 Å². The first-order valence-corrected chi connectivity index (χ1v) is 7.81. The number of nitrogens with one attached hydrogen (secondary N) is 1. The van der Waals surface area contributed by atoms with Crippen LogP contribution < -0.4 is 10.2 Å². The Hall–Kier alpha value is -1.86. The summed E-state index contributed by atoms with van der Waals surface area (Å²) >= 11 is 4.59. The van der Waals surface area contributed by atoms with Crippen LogP contribution in [0.15, 0.2) is 39.2 Å². The van der Waals surface area contributed by atoms with Crippen LogP contribution in [0.5, 0.6) is 11.5 Å². The molecule has 0 saturated heterocycles. The first-order valence-electron chi connectivity index (χ1n) is 6.14. The van der Waals surface area contributed by atoms with Gasteiger partial charge in [0.15, 0.2) is 11.5 Å². The fourth-order valence-electron chi connectivity index (χ4n) is 1.56. The van der Waals surface area contributed by atoms with Crippen molar-refractivity contribution in [3.8, 4) is 11.5 Å². The number of hydrogen-bond donors (Lipinski definition) is 2. The highest BCUT2D eigenvalue weighted by Gasteiger charge is 2.08. The van der Waals surface area contributed by atoms with Gasteiger partial charge in [-0.05, 0) is 52.0 Å². The number of benzene rings is 1. The molecule has 1 aromatic carbocycles. The predicted octanol–water partition coefficient (Wildman–Crippen LogP) is 3.38. The van der Waals surface area contributed by atoms with Crippen LogP contribution >= 0.6 is 27.3 Å². The standard InChI is InChI=1S/C14H13BrN2O3S/c1-2-20-11-7-9(6-10(15)13(11)18)8-16-17-14(19)12-4-3-5-21-12/h3-8,18H,2H2,1H3,(H,17,19)/b16-8+. The van der Waals surface area contributed by atoms with Crippen molar-refractivity contribution in [1.82, 2.24) is 5.43 Å². The highest BCUT2D eigenvalue weighted by atomic mass is 79.9. The molecule has 0 aliphatic heterocycles. The van der Waals surface area contributed by atoms with Crippen molar-refractivity contribution in [2.24, 2.45) is 5.10 Å². The Morgan fingerprint density at radius 3 is 3.05 bits per heavy atom. The second kappa shape index (κ2) is 7.24. The highest BCUT2D eigenvalue weighted by molar-refractivity contribution is 9.10. The number of ether oxygens (including phenoxy) is 1. The maximum Gasteiger partial charge on any atom is 0.281 e. The van der Waals surface area contributed by atoms with Crippen molar-refractivity contribution < 1.29 is 14.6 Å². The first-order chi connectivity index (χ1) is 10.1. The van der Waals surface area contributed by atoms with Gasteiger partial charge in [-0.25, -0.2) is 5.43 Å². The topological polar surface area (TPSA) is 70.9 Å². The molecule has 2 rings (SSSR count). The smallest absolute Gasteiger partial charge is 0.281 e. The Morgan fingerprint density at radius 2 is 2.38 bits per heavy atom. The molecule has 0 spiro atoms. The molecule has 0 radical (unpaired) electrons. The van der Waals surface area contributed by atoms with Gasteiger partial charge in [0, 0.05) is 0 Å². The van der Waals surface area contributed by atoms with Crippen molar-refractivity contribution in [3.63, 3.8) is 0 Å². The molecule has 2 N–H and O–H groups in total. The number of rotatable bonds is 5. The lowest BCUT2D eigenvalue weighted by molar-refractivity contribution is 0.0959. The van der Waals surface area contributed by atoms with Crippen LogP contribution in [0.25, 0.3) is 0 Å². The summed E-state index contributed by atoms with van der Waals surface area (Å²) in [6, 6.07) is 6.84. The highest BCUT2D eigenvalue weighted by Crippen LogP contribution is 2.34. The third-order valence-electron chi connectivity index (χ3n) is 2.48. The summed E-state index contributed by atoms with van der Waals surface area (Å²) in [5, 5.41) is 15.5. The summed E-state index contributed by atoms with van der Waals surface area (Å²) in [7, 11) is 0. The van der Waals surface area contributed by atoms with Gasteiger partial charge in [-0.15, -0.1) is 11.3 Å². The third kappa shape index (κ3) is 4.05. The molecule has 0 aliphatic rings. The van der Waals surface area contributed by atoms with Gasteiger partial charge < -0.3 is 9.84 Å². The summed E-state index contributed by atoms with van der Waals surface area (Å²) in [4.78, 5) is 12.3. The largest absolute Gasteiger partial charge is 0.503 e. The van der Waals surface area contributed by atoms with E-state index in [0.717, 1.165) is 0 Å². The Morgan fingerprint density at radius 1 is 1.57 bits per heavy atom. The molecule has 110 valence electrons. The zero-order chi connectivity index (χ0) is 15.2. The fourth-order valence-corrected chi connectivity index (χ4v) is 2.64. The average Bonchev–Trinajstić information content (AvgIpc) is 2.98. The zero-order valence-corrected chi connectivity index (χ0v) is 13.6. The minimum atomic E-state index is -0.260. The minimum absolute atomic E-state index is 0.0385. The number of hydrazone groups is 1. The molecule has 0 bridgehead atoms. The van der Waals surface area contributed by atoms with E-state index in [0.29, 0.717) is 27.3 Å². The summed E-state index contributed by atoms with van der Waals surface area (Å²) in [6.07, 6.45) is 1.48. The molecule has 0 saturated carbocycles. The lowest BCUT2D eigenvalue weighted by Crippen LogP contribution is -2.16. The normalized spacial score (nSPS) is 10.8. The van der Waals surface area contributed by atoms with Crippen LogP contribution in [0.1, 0.15) is 22.2 Å². The van der Waals surface area contributed by atoms with Crippen LogP contribution in [-0.4, -0.2) is 23.8 Å². The molecule has 1 aromatic heterocycles. The molecule has 0 fully saturated rings. The number of phenolic OH excluding ortho intramolecular Hbond substituents is 1. The van der Waals surface area contributed by atoms with E-state index in [1.54, 1.807) is 24.3 Å². The van der Waals surface area contributed by atoms with E-state index >= 15 is 0 Å². The third-order valence-corrected chi connectivity index (χ3v) is 3.95. The van der Waals surface area contributed by atoms with Gasteiger partial charge in [-0.3, -0.25) is 4.79 Å². The number of nitrogens with zero attached hydrogens (tertiary/aromatic N) is 1. The van der Waals surface area contributed by atoms with Crippen molar-refractivity contribution in [2.75, 3.05) is 6.61 Å². The van der Waals surface area contributed by atoms with Crippen molar-refractivity contribution in [3.05, 3.63) is 44.6 Å². The number of halogens is 1. The van der Waals surface area contributed by atoms with Crippen molar-refractivity contribution in [2.45, 2.75) is 6.92 Å². The number of aromatic hydroxyl groups is 1. The van der Waals surface area contributed by atoms with Crippen LogP contribution in [0.2, 0.25) is 0 Å². The number of thiophene rings is 1. The number of carbonyl (C=O) groups excluding carboxylic acids is 1. The number of hydrogen-bond acceptors (Lipinski definition) is 5. The quantitative estimate of drug-likeness (QED) is 0.627. The molecule has 21 heavy (non-hydrogen) atoms. The second-order valence-corrected chi connectivity index (χ2v) is 5.76. The van der Waals surface area contributed by atoms with Gasteiger partial charge in [-0.2, -0.15) is 5.10 Å². The minimum Gasteiger partial charge on any atom is -0.503 e. The molecular weight excluding hydrogens is 356 g/mol. The molecular formula is C14H13BrN2O3S. The van der Waals surface area contributed by atoms with Gasteiger partial charge in [0.2, 0.25) is 0 Å². The molecule has 1 amide bonds. The average molecular weight is 369 g/mol. The maximum absolute atomic E-state index is 11.7. The Labute approximate surface area is 134 Å². The molecule has 0 aliphatic carbocycles. The molecule has 1 heterocycles. The van der Waals surface area contributed by atoms with E-state index in [2.05, 4.69) is 26.5 Å². The monoisotopic (exact) mass is 368 g/mol. The number of phenols is 1. The number of carbonyl (C=O) groups is 1. The van der Waals surface area contributed by atoms with E-state index in [-0.39, 0.29) is 11.7 Å². The molecule has 2 aromatic rings. The van der Waals surface area contributed by atoms with Gasteiger partial charge >= 0.3 is 0 Å². The van der Waals surface area contributed by atoms with E-state index < -0.39 is 0 Å². The van der Waals surface area contributed by atoms with Crippen molar-refractivity contribution in [1.29, 1.82) is 0 Å².